The molecule has 1 fully saturated rings. The molecule has 116 valence electrons. The molecule has 0 unspecified atom stereocenters. The summed E-state index contributed by atoms with van der Waals surface area (Å²) in [6, 6.07) is 8.03. The number of hydrogen-bond donors (Lipinski definition) is 2. The van der Waals surface area contributed by atoms with Gasteiger partial charge in [-0.3, -0.25) is 0 Å². The van der Waals surface area contributed by atoms with Crippen molar-refractivity contribution in [2.24, 2.45) is 5.92 Å². The van der Waals surface area contributed by atoms with Gasteiger partial charge in [0, 0.05) is 12.6 Å². The van der Waals surface area contributed by atoms with Crippen molar-refractivity contribution in [3.63, 3.8) is 0 Å². The van der Waals surface area contributed by atoms with E-state index in [1.807, 2.05) is 24.3 Å². The zero-order valence-electron chi connectivity index (χ0n) is 12.2. The predicted molar refractivity (Wildman–Crippen MR) is 82.5 cm³/mol. The summed E-state index contributed by atoms with van der Waals surface area (Å²) < 4.78 is 28.0. The van der Waals surface area contributed by atoms with Crippen LogP contribution in [0.3, 0.4) is 0 Å². The average Bonchev–Trinajstić information content (AvgIpc) is 2.92. The molecule has 0 atom stereocenters. The van der Waals surface area contributed by atoms with E-state index in [0.717, 1.165) is 36.8 Å². The van der Waals surface area contributed by atoms with Crippen molar-refractivity contribution in [1.29, 1.82) is 0 Å². The van der Waals surface area contributed by atoms with Gasteiger partial charge >= 0.3 is 0 Å². The van der Waals surface area contributed by atoms with Gasteiger partial charge in [-0.15, -0.1) is 0 Å². The average molecular weight is 309 g/mol. The molecule has 0 saturated heterocycles. The second kappa shape index (κ2) is 6.07. The minimum Gasteiger partial charge on any atom is -0.396 e. The van der Waals surface area contributed by atoms with E-state index in [9.17, 15) is 8.42 Å². The minimum atomic E-state index is -3.26. The smallest absolute Gasteiger partial charge is 0.215 e. The summed E-state index contributed by atoms with van der Waals surface area (Å²) in [5.74, 6) is 0.349. The van der Waals surface area contributed by atoms with E-state index >= 15 is 0 Å². The van der Waals surface area contributed by atoms with Gasteiger partial charge in [0.2, 0.25) is 10.0 Å². The van der Waals surface area contributed by atoms with Gasteiger partial charge in [0.25, 0.3) is 0 Å². The monoisotopic (exact) mass is 309 g/mol. The molecule has 5 heteroatoms. The Balaban J connectivity index is 1.61. The van der Waals surface area contributed by atoms with Crippen LogP contribution >= 0.6 is 0 Å². The molecular formula is C16H23NO3S. The summed E-state index contributed by atoms with van der Waals surface area (Å²) in [7, 11) is -3.26. The standard InChI is InChI=1S/C16H23NO3S/c18-11-12-5-7-15(8-6-12)17-21(19,20)16-9-13-3-1-2-4-14(13)10-16/h1-4,12,15-18H,5-11H2. The first-order valence-electron chi connectivity index (χ1n) is 7.77. The molecule has 1 saturated carbocycles. The van der Waals surface area contributed by atoms with E-state index in [2.05, 4.69) is 4.72 Å². The van der Waals surface area contributed by atoms with E-state index in [4.69, 9.17) is 5.11 Å². The van der Waals surface area contributed by atoms with Gasteiger partial charge in [-0.2, -0.15) is 0 Å². The lowest BCUT2D eigenvalue weighted by molar-refractivity contribution is 0.180. The van der Waals surface area contributed by atoms with Crippen LogP contribution in [0.25, 0.3) is 0 Å². The molecular weight excluding hydrogens is 286 g/mol. The van der Waals surface area contributed by atoms with E-state index < -0.39 is 10.0 Å². The predicted octanol–water partition coefficient (Wildman–Crippen LogP) is 1.62. The fourth-order valence-corrected chi connectivity index (χ4v) is 5.22. The van der Waals surface area contributed by atoms with Crippen molar-refractivity contribution in [3.8, 4) is 0 Å². The Morgan fingerprint density at radius 2 is 1.62 bits per heavy atom. The molecule has 21 heavy (non-hydrogen) atoms. The van der Waals surface area contributed by atoms with Gasteiger partial charge in [-0.25, -0.2) is 13.1 Å². The molecule has 4 nitrogen and oxygen atoms in total. The highest BCUT2D eigenvalue weighted by atomic mass is 32.2. The fraction of sp³-hybridized carbons (Fsp3) is 0.625. The van der Waals surface area contributed by atoms with E-state index in [-0.39, 0.29) is 17.9 Å². The summed E-state index contributed by atoms with van der Waals surface area (Å²) in [5, 5.41) is 8.82. The molecule has 0 amide bonds. The van der Waals surface area contributed by atoms with Crippen LogP contribution in [0.4, 0.5) is 0 Å². The van der Waals surface area contributed by atoms with Crippen molar-refractivity contribution in [1.82, 2.24) is 4.72 Å². The van der Waals surface area contributed by atoms with Crippen LogP contribution in [0.15, 0.2) is 24.3 Å². The van der Waals surface area contributed by atoms with Crippen molar-refractivity contribution >= 4 is 10.0 Å². The number of aliphatic hydroxyl groups excluding tert-OH is 1. The lowest BCUT2D eigenvalue weighted by Gasteiger charge is -2.28. The number of sulfonamides is 1. The number of nitrogens with one attached hydrogen (secondary N) is 1. The molecule has 3 rings (SSSR count). The first-order chi connectivity index (χ1) is 10.1. The maximum absolute atomic E-state index is 12.6. The second-order valence-corrected chi connectivity index (χ2v) is 8.35. The van der Waals surface area contributed by atoms with Gasteiger partial charge in [0.1, 0.15) is 0 Å². The number of fused-ring (bicyclic) bond motifs is 1. The number of benzene rings is 1. The zero-order valence-corrected chi connectivity index (χ0v) is 13.0. The number of hydrogen-bond acceptors (Lipinski definition) is 3. The van der Waals surface area contributed by atoms with Crippen LogP contribution in [0.2, 0.25) is 0 Å². The molecule has 2 aliphatic carbocycles. The van der Waals surface area contributed by atoms with Crippen LogP contribution < -0.4 is 4.72 Å². The van der Waals surface area contributed by atoms with E-state index in [0.29, 0.717) is 18.8 Å². The molecule has 1 aromatic carbocycles. The van der Waals surface area contributed by atoms with Crippen LogP contribution in [-0.4, -0.2) is 31.4 Å². The summed E-state index contributed by atoms with van der Waals surface area (Å²) in [5.41, 5.74) is 2.33. The highest BCUT2D eigenvalue weighted by molar-refractivity contribution is 7.90. The number of rotatable bonds is 4. The SMILES string of the molecule is O=S(=O)(NC1CCC(CO)CC1)C1Cc2ccccc2C1. The van der Waals surface area contributed by atoms with Crippen LogP contribution in [0, 0.1) is 5.92 Å². The third-order valence-electron chi connectivity index (χ3n) is 4.89. The van der Waals surface area contributed by atoms with Gasteiger partial charge in [0.15, 0.2) is 0 Å². The fourth-order valence-electron chi connectivity index (χ4n) is 3.53. The summed E-state index contributed by atoms with van der Waals surface area (Å²) in [6.45, 7) is 0.220. The Morgan fingerprint density at radius 1 is 1.05 bits per heavy atom. The first-order valence-corrected chi connectivity index (χ1v) is 9.32. The maximum Gasteiger partial charge on any atom is 0.215 e. The zero-order chi connectivity index (χ0) is 14.9. The molecule has 0 bridgehead atoms. The minimum absolute atomic E-state index is 0.0431. The third-order valence-corrected chi connectivity index (χ3v) is 6.76. The summed E-state index contributed by atoms with van der Waals surface area (Å²) >= 11 is 0. The van der Waals surface area contributed by atoms with Gasteiger partial charge < -0.3 is 5.11 Å². The van der Waals surface area contributed by atoms with Crippen LogP contribution in [0.5, 0.6) is 0 Å². The van der Waals surface area contributed by atoms with E-state index in [1.54, 1.807) is 0 Å². The van der Waals surface area contributed by atoms with Crippen molar-refractivity contribution < 1.29 is 13.5 Å². The molecule has 1 aromatic rings. The van der Waals surface area contributed by atoms with Crippen molar-refractivity contribution in [2.45, 2.75) is 49.8 Å². The van der Waals surface area contributed by atoms with Crippen molar-refractivity contribution in [2.75, 3.05) is 6.61 Å². The van der Waals surface area contributed by atoms with E-state index in [1.165, 1.54) is 0 Å². The molecule has 2 aliphatic rings. The maximum atomic E-state index is 12.6. The Hall–Kier alpha value is -0.910. The Bertz CT molecular complexity index is 566. The molecule has 0 aromatic heterocycles. The first kappa shape index (κ1) is 15.0. The summed E-state index contributed by atoms with van der Waals surface area (Å²) in [4.78, 5) is 0. The quantitative estimate of drug-likeness (QED) is 0.888. The topological polar surface area (TPSA) is 66.4 Å². The van der Waals surface area contributed by atoms with Gasteiger partial charge in [0.05, 0.1) is 5.25 Å². The van der Waals surface area contributed by atoms with Crippen molar-refractivity contribution in [3.05, 3.63) is 35.4 Å². The summed E-state index contributed by atoms with van der Waals surface area (Å²) in [6.07, 6.45) is 4.74. The highest BCUT2D eigenvalue weighted by Crippen LogP contribution is 2.28. The van der Waals surface area contributed by atoms with Crippen LogP contribution in [0.1, 0.15) is 36.8 Å². The second-order valence-electron chi connectivity index (χ2n) is 6.36. The molecule has 2 N–H and O–H groups in total. The molecule has 0 aliphatic heterocycles. The Kier molecular flexibility index (Phi) is 4.33. The molecule has 0 heterocycles. The Morgan fingerprint density at radius 3 is 2.14 bits per heavy atom. The molecule has 0 radical (unpaired) electrons. The van der Waals surface area contributed by atoms with Gasteiger partial charge in [-0.1, -0.05) is 24.3 Å². The largest absolute Gasteiger partial charge is 0.396 e. The number of aliphatic hydroxyl groups is 1. The highest BCUT2D eigenvalue weighted by Gasteiger charge is 2.34. The third kappa shape index (κ3) is 3.30. The van der Waals surface area contributed by atoms with Gasteiger partial charge in [-0.05, 0) is 55.6 Å². The van der Waals surface area contributed by atoms with Crippen LogP contribution in [-0.2, 0) is 22.9 Å². The normalized spacial score (nSPS) is 26.7. The Labute approximate surface area is 126 Å². The molecule has 0 spiro atoms. The lowest BCUT2D eigenvalue weighted by atomic mass is 9.87. The lowest BCUT2D eigenvalue weighted by Crippen LogP contribution is -2.43.